The molecule has 1 aliphatic carbocycles. The molecular weight excluding hydrogens is 418 g/mol. The second-order valence-electron chi connectivity index (χ2n) is 8.54. The number of carbonyl (C=O) groups is 2. The maximum absolute atomic E-state index is 13.0. The van der Waals surface area contributed by atoms with E-state index in [1.54, 1.807) is 34.1 Å². The van der Waals surface area contributed by atoms with Crippen LogP contribution in [0.1, 0.15) is 41.9 Å². The van der Waals surface area contributed by atoms with E-state index in [0.717, 1.165) is 11.3 Å². The quantitative estimate of drug-likeness (QED) is 0.765. The minimum Gasteiger partial charge on any atom is -0.464 e. The van der Waals surface area contributed by atoms with Crippen LogP contribution in [-0.2, 0) is 4.79 Å². The van der Waals surface area contributed by atoms with Crippen molar-refractivity contribution in [2.45, 2.75) is 37.6 Å². The number of nitrogens with zero attached hydrogens (tertiary/aromatic N) is 2. The summed E-state index contributed by atoms with van der Waals surface area (Å²) in [4.78, 5) is 28.9. The minimum absolute atomic E-state index is 0.0639. The Labute approximate surface area is 185 Å². The second-order valence-corrected chi connectivity index (χ2v) is 8.97. The van der Waals surface area contributed by atoms with E-state index in [1.807, 2.05) is 25.1 Å². The maximum atomic E-state index is 13.0. The van der Waals surface area contributed by atoms with E-state index in [-0.39, 0.29) is 24.1 Å². The third kappa shape index (κ3) is 3.72. The molecular formula is C23H24ClN3O4. The van der Waals surface area contributed by atoms with Crippen molar-refractivity contribution >= 4 is 29.1 Å². The lowest BCUT2D eigenvalue weighted by atomic mass is 10.1. The first-order valence-electron chi connectivity index (χ1n) is 10.5. The Morgan fingerprint density at radius 3 is 2.58 bits per heavy atom. The number of piperazine rings is 1. The maximum Gasteiger partial charge on any atom is 0.254 e. The van der Waals surface area contributed by atoms with Gasteiger partial charge in [-0.05, 0) is 44.0 Å². The first-order valence-corrected chi connectivity index (χ1v) is 10.9. The van der Waals surface area contributed by atoms with Crippen molar-refractivity contribution in [2.75, 3.05) is 25.0 Å². The van der Waals surface area contributed by atoms with E-state index in [0.29, 0.717) is 48.8 Å². The van der Waals surface area contributed by atoms with E-state index in [2.05, 4.69) is 5.32 Å². The van der Waals surface area contributed by atoms with Crippen molar-refractivity contribution in [3.05, 3.63) is 58.6 Å². The van der Waals surface area contributed by atoms with Gasteiger partial charge in [-0.1, -0.05) is 23.7 Å². The third-order valence-electron chi connectivity index (χ3n) is 6.23. The Morgan fingerprint density at radius 2 is 1.90 bits per heavy atom. The fourth-order valence-corrected chi connectivity index (χ4v) is 4.35. The average Bonchev–Trinajstić information content (AvgIpc) is 3.38. The van der Waals surface area contributed by atoms with Crippen LogP contribution in [0, 0.1) is 0 Å². The molecule has 2 aliphatic heterocycles. The second kappa shape index (κ2) is 7.43. The summed E-state index contributed by atoms with van der Waals surface area (Å²) in [5, 5.41) is 14.0. The van der Waals surface area contributed by atoms with Crippen molar-refractivity contribution in [1.29, 1.82) is 0 Å². The van der Waals surface area contributed by atoms with Crippen LogP contribution in [0.3, 0.4) is 0 Å². The summed E-state index contributed by atoms with van der Waals surface area (Å²) in [6.07, 6.45) is 0.726. The number of amides is 2. The lowest BCUT2D eigenvalue weighted by Gasteiger charge is -2.40. The van der Waals surface area contributed by atoms with Gasteiger partial charge in [-0.25, -0.2) is 0 Å². The van der Waals surface area contributed by atoms with Gasteiger partial charge in [0.15, 0.2) is 6.23 Å². The van der Waals surface area contributed by atoms with Crippen LogP contribution >= 0.6 is 11.6 Å². The van der Waals surface area contributed by atoms with Gasteiger partial charge in [0.2, 0.25) is 0 Å². The van der Waals surface area contributed by atoms with E-state index in [9.17, 15) is 14.7 Å². The Hall–Kier alpha value is -2.77. The monoisotopic (exact) mass is 441 g/mol. The molecule has 2 aromatic carbocycles. The number of anilines is 1. The fourth-order valence-electron chi connectivity index (χ4n) is 4.19. The Bertz CT molecular complexity index is 1040. The van der Waals surface area contributed by atoms with Crippen molar-refractivity contribution < 1.29 is 19.4 Å². The van der Waals surface area contributed by atoms with Gasteiger partial charge in [-0.2, -0.15) is 0 Å². The normalized spacial score (nSPS) is 23.6. The number of hydrogen-bond donors (Lipinski definition) is 2. The number of rotatable bonds is 3. The van der Waals surface area contributed by atoms with Crippen molar-refractivity contribution in [3.8, 4) is 5.75 Å². The standard InChI is InChI=1S/C23H24ClN3O4/c1-14-13-26(10-11-27(14)22(29)23(30)8-9-23)21(28)16-4-2-15(3-5-16)20-25-18-7-6-17(24)12-19(18)31-20/h2-7,12,14,20,25,30H,8-11,13H2,1H3/t14-,20?/m0/s1. The molecule has 2 fully saturated rings. The van der Waals surface area contributed by atoms with Gasteiger partial charge < -0.3 is 25.0 Å². The Balaban J connectivity index is 1.22. The molecule has 2 aromatic rings. The molecule has 0 spiro atoms. The highest BCUT2D eigenvalue weighted by Crippen LogP contribution is 2.39. The molecule has 2 N–H and O–H groups in total. The SMILES string of the molecule is C[C@H]1CN(C(=O)c2ccc(C3Nc4ccc(Cl)cc4O3)cc2)CCN1C(=O)C1(O)CC1. The number of aliphatic hydroxyl groups is 1. The highest BCUT2D eigenvalue weighted by molar-refractivity contribution is 6.30. The fraction of sp³-hybridized carbons (Fsp3) is 0.391. The predicted molar refractivity (Wildman–Crippen MR) is 116 cm³/mol. The number of carbonyl (C=O) groups excluding carboxylic acids is 2. The van der Waals surface area contributed by atoms with E-state index >= 15 is 0 Å². The van der Waals surface area contributed by atoms with Crippen LogP contribution < -0.4 is 10.1 Å². The van der Waals surface area contributed by atoms with Gasteiger partial charge in [0.05, 0.1) is 5.69 Å². The van der Waals surface area contributed by atoms with Gasteiger partial charge in [0.1, 0.15) is 11.4 Å². The zero-order valence-corrected chi connectivity index (χ0v) is 17.9. The largest absolute Gasteiger partial charge is 0.464 e. The van der Waals surface area contributed by atoms with E-state index in [4.69, 9.17) is 16.3 Å². The summed E-state index contributed by atoms with van der Waals surface area (Å²) in [6, 6.07) is 12.7. The molecule has 8 heteroatoms. The zero-order chi connectivity index (χ0) is 21.8. The zero-order valence-electron chi connectivity index (χ0n) is 17.2. The van der Waals surface area contributed by atoms with Crippen LogP contribution in [0.5, 0.6) is 5.75 Å². The molecule has 1 saturated carbocycles. The van der Waals surface area contributed by atoms with Crippen LogP contribution in [0.4, 0.5) is 5.69 Å². The predicted octanol–water partition coefficient (Wildman–Crippen LogP) is 3.04. The summed E-state index contributed by atoms with van der Waals surface area (Å²) >= 11 is 6.02. The molecule has 1 unspecified atom stereocenters. The van der Waals surface area contributed by atoms with Crippen molar-refractivity contribution in [3.63, 3.8) is 0 Å². The molecule has 2 amide bonds. The first-order chi connectivity index (χ1) is 14.8. The molecule has 31 heavy (non-hydrogen) atoms. The number of ether oxygens (including phenoxy) is 1. The molecule has 0 aromatic heterocycles. The molecule has 2 heterocycles. The summed E-state index contributed by atoms with van der Waals surface area (Å²) < 4.78 is 5.92. The molecule has 162 valence electrons. The van der Waals surface area contributed by atoms with Crippen LogP contribution in [0.2, 0.25) is 5.02 Å². The third-order valence-corrected chi connectivity index (χ3v) is 6.47. The van der Waals surface area contributed by atoms with Gasteiger partial charge in [0, 0.05) is 47.9 Å². The van der Waals surface area contributed by atoms with Gasteiger partial charge in [0.25, 0.3) is 11.8 Å². The van der Waals surface area contributed by atoms with E-state index < -0.39 is 5.60 Å². The van der Waals surface area contributed by atoms with Gasteiger partial charge in [-0.3, -0.25) is 9.59 Å². The number of nitrogens with one attached hydrogen (secondary N) is 1. The number of halogens is 1. The van der Waals surface area contributed by atoms with E-state index in [1.165, 1.54) is 0 Å². The lowest BCUT2D eigenvalue weighted by Crippen LogP contribution is -2.57. The molecule has 0 radical (unpaired) electrons. The smallest absolute Gasteiger partial charge is 0.254 e. The summed E-state index contributed by atoms with van der Waals surface area (Å²) in [5.74, 6) is 0.434. The van der Waals surface area contributed by atoms with Crippen LogP contribution in [0.25, 0.3) is 0 Å². The molecule has 1 saturated heterocycles. The molecule has 7 nitrogen and oxygen atoms in total. The molecule has 3 aliphatic rings. The minimum atomic E-state index is -1.17. The van der Waals surface area contributed by atoms with Crippen LogP contribution in [-0.4, -0.2) is 58.0 Å². The highest BCUT2D eigenvalue weighted by atomic mass is 35.5. The van der Waals surface area contributed by atoms with Crippen molar-refractivity contribution in [1.82, 2.24) is 9.80 Å². The summed E-state index contributed by atoms with van der Waals surface area (Å²) in [5.41, 5.74) is 1.21. The van der Waals surface area contributed by atoms with Gasteiger partial charge >= 0.3 is 0 Å². The lowest BCUT2D eigenvalue weighted by molar-refractivity contribution is -0.146. The van der Waals surface area contributed by atoms with Crippen LogP contribution in [0.15, 0.2) is 42.5 Å². The van der Waals surface area contributed by atoms with Gasteiger partial charge in [-0.15, -0.1) is 0 Å². The summed E-state index contributed by atoms with van der Waals surface area (Å²) in [7, 11) is 0. The average molecular weight is 442 g/mol. The summed E-state index contributed by atoms with van der Waals surface area (Å²) in [6.45, 7) is 3.26. The van der Waals surface area contributed by atoms with Crippen molar-refractivity contribution in [2.24, 2.45) is 0 Å². The molecule has 5 rings (SSSR count). The Morgan fingerprint density at radius 1 is 1.16 bits per heavy atom. The molecule has 2 atom stereocenters. The number of fused-ring (bicyclic) bond motifs is 1. The first kappa shape index (κ1) is 20.2. The topological polar surface area (TPSA) is 82.1 Å². The highest BCUT2D eigenvalue weighted by Gasteiger charge is 2.51. The number of hydrogen-bond acceptors (Lipinski definition) is 5. The number of benzene rings is 2. The Kier molecular flexibility index (Phi) is 4.83. The molecule has 0 bridgehead atoms.